The quantitative estimate of drug-likeness (QED) is 0.596. The van der Waals surface area contributed by atoms with Gasteiger partial charge in [0.05, 0.1) is 10.7 Å². The Labute approximate surface area is 113 Å². The first-order chi connectivity index (χ1) is 9.10. The Bertz CT molecular complexity index is 620. The van der Waals surface area contributed by atoms with Crippen LogP contribution in [0.3, 0.4) is 0 Å². The molecular formula is C12H10ClFN4O. The summed E-state index contributed by atoms with van der Waals surface area (Å²) < 4.78 is 12.9. The van der Waals surface area contributed by atoms with E-state index < -0.39 is 11.7 Å². The van der Waals surface area contributed by atoms with Gasteiger partial charge in [-0.2, -0.15) is 0 Å². The molecule has 0 radical (unpaired) electrons. The van der Waals surface area contributed by atoms with Gasteiger partial charge in [0.25, 0.3) is 5.91 Å². The van der Waals surface area contributed by atoms with Gasteiger partial charge in [0, 0.05) is 11.8 Å². The topological polar surface area (TPSA) is 80.0 Å². The number of nitrogens with two attached hydrogens (primary N) is 1. The molecule has 0 fully saturated rings. The van der Waals surface area contributed by atoms with Crippen LogP contribution in [-0.2, 0) is 0 Å². The second kappa shape index (κ2) is 5.64. The number of pyridine rings is 1. The van der Waals surface area contributed by atoms with Crippen molar-refractivity contribution < 1.29 is 9.18 Å². The number of nitrogen functional groups attached to an aromatic ring is 1. The summed E-state index contributed by atoms with van der Waals surface area (Å²) in [4.78, 5) is 15.8. The Kier molecular flexibility index (Phi) is 3.94. The lowest BCUT2D eigenvalue weighted by atomic mass is 10.2. The average molecular weight is 281 g/mol. The molecule has 0 atom stereocenters. The number of carbonyl (C=O) groups is 1. The molecule has 7 heteroatoms. The highest BCUT2D eigenvalue weighted by Gasteiger charge is 2.09. The van der Waals surface area contributed by atoms with Gasteiger partial charge in [-0.3, -0.25) is 4.79 Å². The molecule has 0 unspecified atom stereocenters. The van der Waals surface area contributed by atoms with Crippen molar-refractivity contribution in [1.82, 2.24) is 4.98 Å². The molecule has 0 saturated carbocycles. The fourth-order valence-corrected chi connectivity index (χ4v) is 1.65. The van der Waals surface area contributed by atoms with E-state index >= 15 is 0 Å². The van der Waals surface area contributed by atoms with E-state index in [4.69, 9.17) is 17.4 Å². The molecule has 0 saturated heterocycles. The van der Waals surface area contributed by atoms with Crippen LogP contribution in [0.1, 0.15) is 10.4 Å². The molecule has 2 aromatic rings. The fourth-order valence-electron chi connectivity index (χ4n) is 1.44. The highest BCUT2D eigenvalue weighted by Crippen LogP contribution is 2.23. The minimum Gasteiger partial charge on any atom is -0.321 e. The molecule has 1 aromatic carbocycles. The van der Waals surface area contributed by atoms with Crippen molar-refractivity contribution >= 4 is 29.0 Å². The zero-order chi connectivity index (χ0) is 13.8. The van der Waals surface area contributed by atoms with Gasteiger partial charge in [0.15, 0.2) is 0 Å². The van der Waals surface area contributed by atoms with Gasteiger partial charge in [-0.1, -0.05) is 11.6 Å². The summed E-state index contributed by atoms with van der Waals surface area (Å²) in [5.41, 5.74) is 3.01. The number of hydrazine groups is 1. The minimum atomic E-state index is -0.471. The molecule has 0 aliphatic heterocycles. The van der Waals surface area contributed by atoms with Gasteiger partial charge in [0.1, 0.15) is 11.6 Å². The number of benzene rings is 1. The number of hydrogen-bond acceptors (Lipinski definition) is 4. The largest absolute Gasteiger partial charge is 0.321 e. The summed E-state index contributed by atoms with van der Waals surface area (Å²) in [5.74, 6) is 4.70. The molecule has 0 spiro atoms. The first-order valence-corrected chi connectivity index (χ1v) is 5.67. The van der Waals surface area contributed by atoms with Crippen LogP contribution in [0.15, 0.2) is 36.5 Å². The number of carbonyl (C=O) groups excluding carboxylic acids is 1. The molecule has 19 heavy (non-hydrogen) atoms. The van der Waals surface area contributed by atoms with Crippen LogP contribution in [0, 0.1) is 5.82 Å². The fraction of sp³-hybridized carbons (Fsp3) is 0. The zero-order valence-electron chi connectivity index (χ0n) is 9.65. The molecule has 4 N–H and O–H groups in total. The lowest BCUT2D eigenvalue weighted by Crippen LogP contribution is -2.14. The first-order valence-electron chi connectivity index (χ1n) is 5.29. The maximum atomic E-state index is 12.9. The second-order valence-electron chi connectivity index (χ2n) is 3.65. The van der Waals surface area contributed by atoms with Crippen molar-refractivity contribution in [3.8, 4) is 0 Å². The van der Waals surface area contributed by atoms with E-state index in [1.54, 1.807) is 0 Å². The molecule has 98 valence electrons. The van der Waals surface area contributed by atoms with Gasteiger partial charge in [-0.25, -0.2) is 15.2 Å². The summed E-state index contributed by atoms with van der Waals surface area (Å²) in [7, 11) is 0. The normalized spacial score (nSPS) is 10.1. The number of anilines is 2. The summed E-state index contributed by atoms with van der Waals surface area (Å²) in [6, 6.07) is 6.72. The summed E-state index contributed by atoms with van der Waals surface area (Å²) in [6.45, 7) is 0. The molecule has 1 amide bonds. The van der Waals surface area contributed by atoms with Crippen molar-refractivity contribution in [1.29, 1.82) is 0 Å². The third kappa shape index (κ3) is 3.18. The van der Waals surface area contributed by atoms with Gasteiger partial charge < -0.3 is 10.7 Å². The van der Waals surface area contributed by atoms with Crippen LogP contribution in [-0.4, -0.2) is 10.9 Å². The van der Waals surface area contributed by atoms with Crippen LogP contribution in [0.25, 0.3) is 0 Å². The van der Waals surface area contributed by atoms with Gasteiger partial charge >= 0.3 is 0 Å². The molecular weight excluding hydrogens is 271 g/mol. The van der Waals surface area contributed by atoms with E-state index in [0.717, 1.165) is 6.07 Å². The Hall–Kier alpha value is -2.18. The molecule has 0 bridgehead atoms. The minimum absolute atomic E-state index is 0.125. The first kappa shape index (κ1) is 13.3. The van der Waals surface area contributed by atoms with E-state index in [0.29, 0.717) is 17.1 Å². The van der Waals surface area contributed by atoms with Crippen LogP contribution < -0.4 is 16.6 Å². The Morgan fingerprint density at radius 2 is 2.11 bits per heavy atom. The van der Waals surface area contributed by atoms with Crippen LogP contribution in [0.4, 0.5) is 15.9 Å². The van der Waals surface area contributed by atoms with E-state index in [1.165, 1.54) is 30.5 Å². The third-order valence-electron chi connectivity index (χ3n) is 2.35. The summed E-state index contributed by atoms with van der Waals surface area (Å²) in [5, 5.41) is 2.70. The van der Waals surface area contributed by atoms with E-state index in [-0.39, 0.29) is 5.02 Å². The van der Waals surface area contributed by atoms with Crippen LogP contribution >= 0.6 is 11.6 Å². The predicted octanol–water partition coefficient (Wildman–Crippen LogP) is 2.41. The third-order valence-corrected chi connectivity index (χ3v) is 2.66. The number of rotatable bonds is 3. The Balaban J connectivity index is 2.20. The Morgan fingerprint density at radius 3 is 2.79 bits per heavy atom. The molecule has 0 aliphatic carbocycles. The number of aromatic nitrogens is 1. The molecule has 5 nitrogen and oxygen atoms in total. The van der Waals surface area contributed by atoms with Crippen molar-refractivity contribution in [2.45, 2.75) is 0 Å². The van der Waals surface area contributed by atoms with E-state index in [9.17, 15) is 9.18 Å². The highest BCUT2D eigenvalue weighted by molar-refractivity contribution is 6.33. The average Bonchev–Trinajstić information content (AvgIpc) is 2.42. The maximum Gasteiger partial charge on any atom is 0.255 e. The molecule has 0 aliphatic rings. The summed E-state index contributed by atoms with van der Waals surface area (Å²) >= 11 is 5.82. The molecule has 1 heterocycles. The van der Waals surface area contributed by atoms with Crippen molar-refractivity contribution in [3.05, 3.63) is 52.9 Å². The number of hydrogen-bond donors (Lipinski definition) is 3. The summed E-state index contributed by atoms with van der Waals surface area (Å²) in [6.07, 6.45) is 1.44. The number of nitrogens with zero attached hydrogens (tertiary/aromatic N) is 1. The van der Waals surface area contributed by atoms with Gasteiger partial charge in [0.2, 0.25) is 0 Å². The highest BCUT2D eigenvalue weighted by atomic mass is 35.5. The monoisotopic (exact) mass is 280 g/mol. The van der Waals surface area contributed by atoms with Crippen molar-refractivity contribution in [2.24, 2.45) is 5.84 Å². The van der Waals surface area contributed by atoms with Gasteiger partial charge in [-0.15, -0.1) is 0 Å². The lowest BCUT2D eigenvalue weighted by molar-refractivity contribution is 0.102. The second-order valence-corrected chi connectivity index (χ2v) is 4.06. The van der Waals surface area contributed by atoms with Gasteiger partial charge in [-0.05, 0) is 30.3 Å². The number of halogens is 2. The van der Waals surface area contributed by atoms with E-state index in [2.05, 4.69) is 15.7 Å². The van der Waals surface area contributed by atoms with Crippen molar-refractivity contribution in [3.63, 3.8) is 0 Å². The standard InChI is InChI=1S/C12H10ClFN4O/c13-9-6-8(14)1-2-10(9)17-12(19)7-3-4-16-11(5-7)18-15/h1-6H,15H2,(H,16,18)(H,17,19). The number of nitrogens with one attached hydrogen (secondary N) is 2. The SMILES string of the molecule is NNc1cc(C(=O)Nc2ccc(F)cc2Cl)ccn1. The van der Waals surface area contributed by atoms with Crippen LogP contribution in [0.2, 0.25) is 5.02 Å². The smallest absolute Gasteiger partial charge is 0.255 e. The Morgan fingerprint density at radius 1 is 1.32 bits per heavy atom. The van der Waals surface area contributed by atoms with E-state index in [1.807, 2.05) is 0 Å². The molecule has 2 rings (SSSR count). The zero-order valence-corrected chi connectivity index (χ0v) is 10.4. The number of amides is 1. The lowest BCUT2D eigenvalue weighted by Gasteiger charge is -2.08. The van der Waals surface area contributed by atoms with Crippen molar-refractivity contribution in [2.75, 3.05) is 10.7 Å². The van der Waals surface area contributed by atoms with Crippen LogP contribution in [0.5, 0.6) is 0 Å². The molecule has 1 aromatic heterocycles. The predicted molar refractivity (Wildman–Crippen MR) is 71.4 cm³/mol. The maximum absolute atomic E-state index is 12.9.